The lowest BCUT2D eigenvalue weighted by Crippen LogP contribution is -2.36. The van der Waals surface area contributed by atoms with Gasteiger partial charge in [-0.15, -0.1) is 0 Å². The van der Waals surface area contributed by atoms with Crippen molar-refractivity contribution in [2.45, 2.75) is 19.5 Å². The molecule has 0 aliphatic carbocycles. The van der Waals surface area contributed by atoms with E-state index in [1.165, 1.54) is 0 Å². The summed E-state index contributed by atoms with van der Waals surface area (Å²) >= 11 is 24.1. The Morgan fingerprint density at radius 1 is 1.04 bits per heavy atom. The van der Waals surface area contributed by atoms with Crippen LogP contribution in [0.25, 0.3) is 0 Å². The van der Waals surface area contributed by atoms with Crippen molar-refractivity contribution in [2.24, 2.45) is 0 Å². The first-order valence-electron chi connectivity index (χ1n) is 7.63. The van der Waals surface area contributed by atoms with Gasteiger partial charge in [-0.05, 0) is 49.4 Å². The Labute approximate surface area is 167 Å². The first-order valence-corrected chi connectivity index (χ1v) is 9.14. The van der Waals surface area contributed by atoms with Gasteiger partial charge in [-0.25, -0.2) is 0 Å². The third-order valence-electron chi connectivity index (χ3n) is 3.68. The van der Waals surface area contributed by atoms with E-state index in [1.807, 2.05) is 31.0 Å². The van der Waals surface area contributed by atoms with Gasteiger partial charge in [-0.3, -0.25) is 9.69 Å². The van der Waals surface area contributed by atoms with Gasteiger partial charge in [0.2, 0.25) is 5.91 Å². The van der Waals surface area contributed by atoms with Crippen LogP contribution < -0.4 is 5.32 Å². The number of benzene rings is 2. The fraction of sp³-hybridized carbons (Fsp3) is 0.278. The van der Waals surface area contributed by atoms with Crippen molar-refractivity contribution >= 4 is 52.3 Å². The lowest BCUT2D eigenvalue weighted by molar-refractivity contribution is -0.122. The van der Waals surface area contributed by atoms with Crippen molar-refractivity contribution < 1.29 is 4.79 Å². The van der Waals surface area contributed by atoms with Crippen molar-refractivity contribution in [2.75, 3.05) is 13.6 Å². The van der Waals surface area contributed by atoms with Crippen LogP contribution >= 0.6 is 46.4 Å². The Balaban J connectivity index is 1.92. The molecule has 3 nitrogen and oxygen atoms in total. The third-order valence-corrected chi connectivity index (χ3v) is 4.82. The largest absolute Gasteiger partial charge is 0.348 e. The topological polar surface area (TPSA) is 32.3 Å². The Kier molecular flexibility index (Phi) is 7.41. The number of carbonyl (C=O) groups is 1. The van der Waals surface area contributed by atoms with E-state index in [0.29, 0.717) is 26.6 Å². The number of amides is 1. The smallest absolute Gasteiger partial charge is 0.234 e. The third kappa shape index (κ3) is 6.05. The van der Waals surface area contributed by atoms with E-state index in [1.54, 1.807) is 24.3 Å². The molecule has 0 saturated heterocycles. The molecule has 25 heavy (non-hydrogen) atoms. The average molecular weight is 420 g/mol. The standard InChI is InChI=1S/C18H18Cl4N2O/c1-11(15-6-5-14(20)8-17(15)22)23-18(25)10-24(2)9-12-3-4-13(19)7-16(12)21/h3-8,11H,9-10H2,1-2H3,(H,23,25). The van der Waals surface area contributed by atoms with Crippen molar-refractivity contribution in [3.63, 3.8) is 0 Å². The number of carbonyl (C=O) groups excluding carboxylic acids is 1. The lowest BCUT2D eigenvalue weighted by Gasteiger charge is -2.20. The van der Waals surface area contributed by atoms with Crippen LogP contribution in [0.5, 0.6) is 0 Å². The molecule has 1 N–H and O–H groups in total. The SMILES string of the molecule is CC(NC(=O)CN(C)Cc1ccc(Cl)cc1Cl)c1ccc(Cl)cc1Cl. The van der Waals surface area contributed by atoms with E-state index in [9.17, 15) is 4.79 Å². The molecule has 0 aliphatic rings. The molecular formula is C18H18Cl4N2O. The highest BCUT2D eigenvalue weighted by molar-refractivity contribution is 6.35. The van der Waals surface area contributed by atoms with Gasteiger partial charge in [-0.1, -0.05) is 58.5 Å². The molecule has 7 heteroatoms. The van der Waals surface area contributed by atoms with E-state index in [0.717, 1.165) is 11.1 Å². The minimum atomic E-state index is -0.218. The molecule has 2 aromatic rings. The van der Waals surface area contributed by atoms with Gasteiger partial charge in [0.1, 0.15) is 0 Å². The summed E-state index contributed by atoms with van der Waals surface area (Å²) in [5, 5.41) is 5.20. The molecule has 1 amide bonds. The summed E-state index contributed by atoms with van der Waals surface area (Å²) < 4.78 is 0. The number of hydrogen-bond acceptors (Lipinski definition) is 2. The van der Waals surface area contributed by atoms with Gasteiger partial charge in [0, 0.05) is 26.6 Å². The van der Waals surface area contributed by atoms with Crippen LogP contribution in [-0.2, 0) is 11.3 Å². The van der Waals surface area contributed by atoms with Gasteiger partial charge in [-0.2, -0.15) is 0 Å². The second-order valence-corrected chi connectivity index (χ2v) is 7.55. The zero-order valence-electron chi connectivity index (χ0n) is 13.8. The minimum absolute atomic E-state index is 0.105. The Morgan fingerprint density at radius 2 is 1.64 bits per heavy atom. The first-order chi connectivity index (χ1) is 11.8. The molecule has 1 unspecified atom stereocenters. The molecule has 2 rings (SSSR count). The molecule has 0 fully saturated rings. The van der Waals surface area contributed by atoms with E-state index < -0.39 is 0 Å². The monoisotopic (exact) mass is 418 g/mol. The van der Waals surface area contributed by atoms with Gasteiger partial charge < -0.3 is 5.32 Å². The summed E-state index contributed by atoms with van der Waals surface area (Å²) in [7, 11) is 1.85. The molecule has 2 aromatic carbocycles. The lowest BCUT2D eigenvalue weighted by atomic mass is 10.1. The molecular weight excluding hydrogens is 402 g/mol. The zero-order chi connectivity index (χ0) is 18.6. The Morgan fingerprint density at radius 3 is 2.24 bits per heavy atom. The maximum absolute atomic E-state index is 12.3. The van der Waals surface area contributed by atoms with Crippen LogP contribution in [0.15, 0.2) is 36.4 Å². The maximum atomic E-state index is 12.3. The number of rotatable bonds is 6. The van der Waals surface area contributed by atoms with Gasteiger partial charge in [0.25, 0.3) is 0 Å². The first kappa shape index (κ1) is 20.3. The quantitative estimate of drug-likeness (QED) is 0.659. The summed E-state index contributed by atoms with van der Waals surface area (Å²) in [5.41, 5.74) is 1.73. The maximum Gasteiger partial charge on any atom is 0.234 e. The summed E-state index contributed by atoms with van der Waals surface area (Å²) in [5.74, 6) is -0.105. The minimum Gasteiger partial charge on any atom is -0.348 e. The average Bonchev–Trinajstić information content (AvgIpc) is 2.49. The summed E-state index contributed by atoms with van der Waals surface area (Å²) in [6.07, 6.45) is 0. The normalized spacial score (nSPS) is 12.3. The van der Waals surface area contributed by atoms with Crippen molar-refractivity contribution in [1.29, 1.82) is 0 Å². The molecule has 0 aliphatic heterocycles. The zero-order valence-corrected chi connectivity index (χ0v) is 16.8. The fourth-order valence-corrected chi connectivity index (χ4v) is 3.50. The molecule has 0 aromatic heterocycles. The van der Waals surface area contributed by atoms with Crippen LogP contribution in [0.1, 0.15) is 24.1 Å². The molecule has 0 bridgehead atoms. The van der Waals surface area contributed by atoms with E-state index >= 15 is 0 Å². The Hall–Kier alpha value is -0.970. The molecule has 0 radical (unpaired) electrons. The van der Waals surface area contributed by atoms with Crippen molar-refractivity contribution in [3.05, 3.63) is 67.6 Å². The molecule has 134 valence electrons. The van der Waals surface area contributed by atoms with E-state index in [4.69, 9.17) is 46.4 Å². The van der Waals surface area contributed by atoms with Crippen LogP contribution in [-0.4, -0.2) is 24.4 Å². The predicted octanol–water partition coefficient (Wildman–Crippen LogP) is 5.61. The van der Waals surface area contributed by atoms with Crippen LogP contribution in [0.4, 0.5) is 0 Å². The molecule has 1 atom stereocenters. The second kappa shape index (κ2) is 9.11. The Bertz CT molecular complexity index is 767. The summed E-state index contributed by atoms with van der Waals surface area (Å²) in [6.45, 7) is 2.65. The van der Waals surface area contributed by atoms with Crippen molar-refractivity contribution in [1.82, 2.24) is 10.2 Å². The van der Waals surface area contributed by atoms with Gasteiger partial charge in [0.15, 0.2) is 0 Å². The van der Waals surface area contributed by atoms with E-state index in [-0.39, 0.29) is 18.5 Å². The predicted molar refractivity (Wildman–Crippen MR) is 106 cm³/mol. The van der Waals surface area contributed by atoms with Gasteiger partial charge >= 0.3 is 0 Å². The van der Waals surface area contributed by atoms with E-state index in [2.05, 4.69) is 5.32 Å². The van der Waals surface area contributed by atoms with Crippen LogP contribution in [0.3, 0.4) is 0 Å². The second-order valence-electron chi connectivity index (χ2n) is 5.86. The van der Waals surface area contributed by atoms with Crippen LogP contribution in [0.2, 0.25) is 20.1 Å². The number of halogens is 4. The highest BCUT2D eigenvalue weighted by atomic mass is 35.5. The van der Waals surface area contributed by atoms with Crippen molar-refractivity contribution in [3.8, 4) is 0 Å². The van der Waals surface area contributed by atoms with Gasteiger partial charge in [0.05, 0.1) is 12.6 Å². The number of nitrogens with one attached hydrogen (secondary N) is 1. The molecule has 0 heterocycles. The molecule has 0 spiro atoms. The highest BCUT2D eigenvalue weighted by Gasteiger charge is 2.15. The molecule has 0 saturated carbocycles. The fourth-order valence-electron chi connectivity index (χ4n) is 2.46. The van der Waals surface area contributed by atoms with Crippen LogP contribution in [0, 0.1) is 0 Å². The highest BCUT2D eigenvalue weighted by Crippen LogP contribution is 2.26. The summed E-state index contributed by atoms with van der Waals surface area (Å²) in [4.78, 5) is 14.1. The number of hydrogen-bond donors (Lipinski definition) is 1. The summed E-state index contributed by atoms with van der Waals surface area (Å²) in [6, 6.07) is 10.3. The number of likely N-dealkylation sites (N-methyl/N-ethyl adjacent to an activating group) is 1. The number of nitrogens with zero attached hydrogens (tertiary/aromatic N) is 1.